The van der Waals surface area contributed by atoms with E-state index in [1.165, 1.54) is 23.3 Å². The zero-order valence-electron chi connectivity index (χ0n) is 13.4. The minimum atomic E-state index is 0.412. The number of thioether (sulfide) groups is 1. The van der Waals surface area contributed by atoms with Gasteiger partial charge in [-0.2, -0.15) is 0 Å². The molecular formula is C18H24N2OS. The first-order chi connectivity index (χ1) is 10.8. The van der Waals surface area contributed by atoms with E-state index in [1.807, 2.05) is 0 Å². The number of likely N-dealkylation sites (tertiary alicyclic amines) is 1. The molecule has 0 amide bonds. The van der Waals surface area contributed by atoms with Crippen LogP contribution in [0, 0.1) is 0 Å². The molecule has 1 unspecified atom stereocenters. The van der Waals surface area contributed by atoms with Crippen molar-refractivity contribution in [1.82, 2.24) is 10.1 Å². The molecule has 2 aromatic rings. The Morgan fingerprint density at radius 2 is 2.14 bits per heavy atom. The Hall–Kier alpha value is -1.26. The number of hydrogen-bond donors (Lipinski definition) is 0. The number of benzene rings is 1. The van der Waals surface area contributed by atoms with Crippen LogP contribution in [0.5, 0.6) is 0 Å². The summed E-state index contributed by atoms with van der Waals surface area (Å²) >= 11 is 1.79. The second-order valence-corrected chi connectivity index (χ2v) is 6.82. The van der Waals surface area contributed by atoms with Crippen LogP contribution in [0.25, 0.3) is 0 Å². The summed E-state index contributed by atoms with van der Waals surface area (Å²) in [5.74, 6) is 1.02. The fourth-order valence-electron chi connectivity index (χ4n) is 3.17. The SMILES string of the molecule is CCCc1cc(C2CCCN2Cc2ccc(SC)cc2)no1. The average Bonchev–Trinajstić information content (AvgIpc) is 3.17. The van der Waals surface area contributed by atoms with Gasteiger partial charge in [-0.25, -0.2) is 0 Å². The lowest BCUT2D eigenvalue weighted by Gasteiger charge is -2.22. The minimum Gasteiger partial charge on any atom is -0.361 e. The Kier molecular flexibility index (Phi) is 5.21. The van der Waals surface area contributed by atoms with Gasteiger partial charge in [-0.3, -0.25) is 4.90 Å². The van der Waals surface area contributed by atoms with Crippen LogP contribution in [0.15, 0.2) is 39.8 Å². The molecular weight excluding hydrogens is 292 g/mol. The van der Waals surface area contributed by atoms with Crippen LogP contribution >= 0.6 is 11.8 Å². The van der Waals surface area contributed by atoms with Crippen molar-refractivity contribution in [3.05, 3.63) is 47.3 Å². The average molecular weight is 316 g/mol. The fourth-order valence-corrected chi connectivity index (χ4v) is 3.57. The van der Waals surface area contributed by atoms with Gasteiger partial charge in [0.05, 0.1) is 6.04 Å². The van der Waals surface area contributed by atoms with E-state index in [2.05, 4.69) is 53.6 Å². The van der Waals surface area contributed by atoms with E-state index >= 15 is 0 Å². The van der Waals surface area contributed by atoms with Gasteiger partial charge in [-0.05, 0) is 49.8 Å². The lowest BCUT2D eigenvalue weighted by molar-refractivity contribution is 0.236. The fraction of sp³-hybridized carbons (Fsp3) is 0.500. The second kappa shape index (κ2) is 7.34. The van der Waals surface area contributed by atoms with Gasteiger partial charge in [-0.15, -0.1) is 11.8 Å². The molecule has 0 saturated carbocycles. The van der Waals surface area contributed by atoms with Gasteiger partial charge >= 0.3 is 0 Å². The Morgan fingerprint density at radius 1 is 1.32 bits per heavy atom. The second-order valence-electron chi connectivity index (χ2n) is 5.94. The molecule has 0 spiro atoms. The third kappa shape index (κ3) is 3.55. The molecule has 22 heavy (non-hydrogen) atoms. The smallest absolute Gasteiger partial charge is 0.137 e. The van der Waals surface area contributed by atoms with Crippen LogP contribution in [0.4, 0.5) is 0 Å². The summed E-state index contributed by atoms with van der Waals surface area (Å²) in [5.41, 5.74) is 2.49. The lowest BCUT2D eigenvalue weighted by Crippen LogP contribution is -2.22. The normalized spacial score (nSPS) is 18.9. The van der Waals surface area contributed by atoms with Crippen molar-refractivity contribution in [3.63, 3.8) is 0 Å². The molecule has 1 fully saturated rings. The summed E-state index contributed by atoms with van der Waals surface area (Å²) in [6.07, 6.45) is 6.62. The monoisotopic (exact) mass is 316 g/mol. The van der Waals surface area contributed by atoms with E-state index in [-0.39, 0.29) is 0 Å². The molecule has 0 N–H and O–H groups in total. The molecule has 1 atom stereocenters. The standard InChI is InChI=1S/C18H24N2OS/c1-3-5-15-12-17(19-21-15)18-6-4-11-20(18)13-14-7-9-16(22-2)10-8-14/h7-10,12,18H,3-6,11,13H2,1-2H3. The third-order valence-electron chi connectivity index (χ3n) is 4.32. The predicted octanol–water partition coefficient (Wildman–Crippen LogP) is 4.69. The van der Waals surface area contributed by atoms with Crippen molar-refractivity contribution in [2.24, 2.45) is 0 Å². The molecule has 1 aliphatic rings. The highest BCUT2D eigenvalue weighted by Crippen LogP contribution is 2.33. The number of aryl methyl sites for hydroxylation is 1. The zero-order valence-corrected chi connectivity index (χ0v) is 14.2. The Balaban J connectivity index is 1.69. The Morgan fingerprint density at radius 3 is 2.86 bits per heavy atom. The van der Waals surface area contributed by atoms with Crippen molar-refractivity contribution in [2.75, 3.05) is 12.8 Å². The molecule has 0 aliphatic carbocycles. The van der Waals surface area contributed by atoms with Gasteiger partial charge in [0.2, 0.25) is 0 Å². The van der Waals surface area contributed by atoms with Crippen molar-refractivity contribution < 1.29 is 4.52 Å². The quantitative estimate of drug-likeness (QED) is 0.723. The molecule has 0 radical (unpaired) electrons. The van der Waals surface area contributed by atoms with Crippen LogP contribution < -0.4 is 0 Å². The van der Waals surface area contributed by atoms with Gasteiger partial charge in [0.1, 0.15) is 11.5 Å². The van der Waals surface area contributed by atoms with Gasteiger partial charge in [0.15, 0.2) is 0 Å². The zero-order chi connectivity index (χ0) is 15.4. The Labute approximate surface area is 137 Å². The summed E-state index contributed by atoms with van der Waals surface area (Å²) in [4.78, 5) is 3.85. The van der Waals surface area contributed by atoms with Crippen LogP contribution in [-0.4, -0.2) is 22.9 Å². The first kappa shape index (κ1) is 15.6. The molecule has 1 aliphatic heterocycles. The van der Waals surface area contributed by atoms with Crippen molar-refractivity contribution >= 4 is 11.8 Å². The van der Waals surface area contributed by atoms with Gasteiger partial charge in [0.25, 0.3) is 0 Å². The van der Waals surface area contributed by atoms with Crippen LogP contribution in [0.1, 0.15) is 49.2 Å². The maximum absolute atomic E-state index is 5.47. The van der Waals surface area contributed by atoms with E-state index in [0.29, 0.717) is 6.04 Å². The molecule has 2 heterocycles. The topological polar surface area (TPSA) is 29.3 Å². The number of aromatic nitrogens is 1. The van der Waals surface area contributed by atoms with Crippen molar-refractivity contribution in [2.45, 2.75) is 50.1 Å². The molecule has 118 valence electrons. The van der Waals surface area contributed by atoms with E-state index in [4.69, 9.17) is 4.52 Å². The molecule has 3 rings (SSSR count). The summed E-state index contributed by atoms with van der Waals surface area (Å²) in [5, 5.41) is 4.32. The van der Waals surface area contributed by atoms with Crippen molar-refractivity contribution in [3.8, 4) is 0 Å². The van der Waals surface area contributed by atoms with E-state index in [1.54, 1.807) is 11.8 Å². The number of rotatable bonds is 6. The molecule has 1 saturated heterocycles. The predicted molar refractivity (Wildman–Crippen MR) is 91.1 cm³/mol. The van der Waals surface area contributed by atoms with Crippen LogP contribution in [0.3, 0.4) is 0 Å². The third-order valence-corrected chi connectivity index (χ3v) is 5.07. The van der Waals surface area contributed by atoms with Gasteiger partial charge in [-0.1, -0.05) is 24.2 Å². The van der Waals surface area contributed by atoms with Gasteiger partial charge < -0.3 is 4.52 Å². The maximum Gasteiger partial charge on any atom is 0.137 e. The first-order valence-electron chi connectivity index (χ1n) is 8.12. The molecule has 0 bridgehead atoms. The van der Waals surface area contributed by atoms with Gasteiger partial charge in [0, 0.05) is 23.9 Å². The highest BCUT2D eigenvalue weighted by molar-refractivity contribution is 7.98. The van der Waals surface area contributed by atoms with E-state index in [0.717, 1.165) is 37.4 Å². The van der Waals surface area contributed by atoms with Crippen molar-refractivity contribution in [1.29, 1.82) is 0 Å². The van der Waals surface area contributed by atoms with E-state index < -0.39 is 0 Å². The Bertz CT molecular complexity index is 593. The lowest BCUT2D eigenvalue weighted by atomic mass is 10.1. The molecule has 1 aromatic carbocycles. The highest BCUT2D eigenvalue weighted by Gasteiger charge is 2.28. The molecule has 4 heteroatoms. The molecule has 1 aromatic heterocycles. The largest absolute Gasteiger partial charge is 0.361 e. The van der Waals surface area contributed by atoms with Crippen LogP contribution in [-0.2, 0) is 13.0 Å². The summed E-state index contributed by atoms with van der Waals surface area (Å²) in [6, 6.07) is 11.5. The summed E-state index contributed by atoms with van der Waals surface area (Å²) in [6.45, 7) is 4.31. The maximum atomic E-state index is 5.47. The first-order valence-corrected chi connectivity index (χ1v) is 9.35. The van der Waals surface area contributed by atoms with Crippen LogP contribution in [0.2, 0.25) is 0 Å². The number of nitrogens with zero attached hydrogens (tertiary/aromatic N) is 2. The van der Waals surface area contributed by atoms with E-state index in [9.17, 15) is 0 Å². The number of hydrogen-bond acceptors (Lipinski definition) is 4. The minimum absolute atomic E-state index is 0.412. The summed E-state index contributed by atoms with van der Waals surface area (Å²) in [7, 11) is 0. The highest BCUT2D eigenvalue weighted by atomic mass is 32.2. The molecule has 3 nitrogen and oxygen atoms in total. The summed E-state index contributed by atoms with van der Waals surface area (Å²) < 4.78 is 5.47.